The van der Waals surface area contributed by atoms with Crippen molar-refractivity contribution < 1.29 is 28.2 Å². The zero-order valence-corrected chi connectivity index (χ0v) is 18.1. The van der Waals surface area contributed by atoms with Crippen molar-refractivity contribution in [2.75, 3.05) is 13.7 Å². The molecule has 4 nitrogen and oxygen atoms in total. The maximum atomic E-state index is 10.6. The summed E-state index contributed by atoms with van der Waals surface area (Å²) in [4.78, 5) is 11.5. The summed E-state index contributed by atoms with van der Waals surface area (Å²) in [5.74, 6) is -2.08. The van der Waals surface area contributed by atoms with Crippen molar-refractivity contribution in [3.63, 3.8) is 0 Å². The average Bonchev–Trinajstić information content (AvgIpc) is 2.99. The first kappa shape index (κ1) is 24.3. The third-order valence-corrected chi connectivity index (χ3v) is 7.00. The Bertz CT molecular complexity index is 820. The van der Waals surface area contributed by atoms with Crippen LogP contribution in [0.1, 0.15) is 43.2 Å². The van der Waals surface area contributed by atoms with E-state index in [2.05, 4.69) is 72.6 Å². The minimum absolute atomic E-state index is 0.169. The molecule has 2 N–H and O–H groups in total. The smallest absolute Gasteiger partial charge is 0.475 e. The van der Waals surface area contributed by atoms with Gasteiger partial charge in [0.25, 0.3) is 0 Å². The van der Waals surface area contributed by atoms with Crippen LogP contribution in [-0.2, 0) is 10.2 Å². The molecule has 0 aliphatic carbocycles. The molecule has 4 rings (SSSR count). The number of halogens is 3. The molecule has 0 spiro atoms. The van der Waals surface area contributed by atoms with Gasteiger partial charge in [-0.1, -0.05) is 60.7 Å². The lowest BCUT2D eigenvalue weighted by molar-refractivity contribution is -0.192. The fraction of sp³-hybridized carbons (Fsp3) is 0.480. The molecular weight excluding hydrogens is 419 g/mol. The van der Waals surface area contributed by atoms with Gasteiger partial charge in [0.2, 0.25) is 0 Å². The van der Waals surface area contributed by atoms with E-state index in [4.69, 9.17) is 9.90 Å². The van der Waals surface area contributed by atoms with Crippen molar-refractivity contribution in [2.45, 2.75) is 55.8 Å². The van der Waals surface area contributed by atoms with Crippen LogP contribution >= 0.6 is 0 Å². The molecule has 2 heterocycles. The highest BCUT2D eigenvalue weighted by molar-refractivity contribution is 5.73. The van der Waals surface area contributed by atoms with E-state index in [1.807, 2.05) is 0 Å². The Morgan fingerprint density at radius 3 is 1.69 bits per heavy atom. The van der Waals surface area contributed by atoms with Gasteiger partial charge < -0.3 is 15.1 Å². The van der Waals surface area contributed by atoms with Crippen molar-refractivity contribution in [3.8, 4) is 0 Å². The van der Waals surface area contributed by atoms with E-state index in [0.29, 0.717) is 5.92 Å². The maximum absolute atomic E-state index is 10.6. The van der Waals surface area contributed by atoms with E-state index in [1.54, 1.807) is 0 Å². The second kappa shape index (κ2) is 10.0. The number of hydrogen-bond acceptors (Lipinski definition) is 3. The van der Waals surface area contributed by atoms with Crippen LogP contribution in [0.25, 0.3) is 0 Å². The molecule has 0 aromatic heterocycles. The number of nitrogens with zero attached hydrogens (tertiary/aromatic N) is 1. The summed E-state index contributed by atoms with van der Waals surface area (Å²) in [7, 11) is 2.30. The topological polar surface area (TPSA) is 60.8 Å². The van der Waals surface area contributed by atoms with Gasteiger partial charge in [0.15, 0.2) is 0 Å². The Morgan fingerprint density at radius 2 is 1.34 bits per heavy atom. The zero-order valence-electron chi connectivity index (χ0n) is 18.1. The molecule has 2 bridgehead atoms. The number of aliphatic hydroxyl groups is 1. The lowest BCUT2D eigenvalue weighted by Gasteiger charge is -2.42. The first-order valence-corrected chi connectivity index (χ1v) is 10.9. The van der Waals surface area contributed by atoms with Gasteiger partial charge in [-0.2, -0.15) is 13.2 Å². The number of fused-ring (bicyclic) bond motifs is 2. The summed E-state index contributed by atoms with van der Waals surface area (Å²) in [6.45, 7) is 0.169. The van der Waals surface area contributed by atoms with Crippen molar-refractivity contribution >= 4 is 5.97 Å². The number of alkyl halides is 3. The van der Waals surface area contributed by atoms with Gasteiger partial charge in [-0.15, -0.1) is 0 Å². The van der Waals surface area contributed by atoms with Gasteiger partial charge in [-0.3, -0.25) is 0 Å². The molecule has 0 amide bonds. The number of piperidine rings is 1. The first-order chi connectivity index (χ1) is 15.2. The van der Waals surface area contributed by atoms with Gasteiger partial charge in [0.05, 0.1) is 6.61 Å². The minimum Gasteiger partial charge on any atom is -0.475 e. The average molecular weight is 450 g/mol. The fourth-order valence-corrected chi connectivity index (χ4v) is 5.35. The second-order valence-corrected chi connectivity index (χ2v) is 8.87. The van der Waals surface area contributed by atoms with Crippen molar-refractivity contribution in [1.29, 1.82) is 0 Å². The third kappa shape index (κ3) is 5.33. The van der Waals surface area contributed by atoms with Crippen molar-refractivity contribution in [3.05, 3.63) is 71.8 Å². The fourth-order valence-electron chi connectivity index (χ4n) is 5.35. The Balaban J connectivity index is 0.000000360. The van der Waals surface area contributed by atoms with E-state index in [9.17, 15) is 18.3 Å². The van der Waals surface area contributed by atoms with Crippen LogP contribution in [0, 0.1) is 5.92 Å². The zero-order chi connectivity index (χ0) is 23.4. The summed E-state index contributed by atoms with van der Waals surface area (Å²) in [5.41, 5.74) is 2.20. The summed E-state index contributed by atoms with van der Waals surface area (Å²) in [6.07, 6.45) is 1.20. The van der Waals surface area contributed by atoms with Crippen molar-refractivity contribution in [2.24, 2.45) is 5.92 Å². The van der Waals surface area contributed by atoms with Crippen LogP contribution in [0.15, 0.2) is 60.7 Å². The van der Waals surface area contributed by atoms with E-state index in [0.717, 1.165) is 18.5 Å². The standard InChI is InChI=1S/C23H29NO.C2HF3O2/c1-24-21-12-13-22(24)15-18(14-21)16-23(17-25,19-8-4-2-5-9-19)20-10-6-3-7-11-20;3-2(4,5)1(6)7/h2-11,18,21-22,25H,12-17H2,1H3;(H,6,7)/t18?,21-,22+;. The number of carbonyl (C=O) groups is 1. The lowest BCUT2D eigenvalue weighted by atomic mass is 9.67. The molecule has 7 heteroatoms. The Morgan fingerprint density at radius 1 is 0.938 bits per heavy atom. The molecule has 2 aromatic carbocycles. The monoisotopic (exact) mass is 449 g/mol. The molecule has 0 radical (unpaired) electrons. The largest absolute Gasteiger partial charge is 0.490 e. The number of carboxylic acid groups (broad SMARTS) is 1. The van der Waals surface area contributed by atoms with Gasteiger partial charge in [0.1, 0.15) is 0 Å². The minimum atomic E-state index is -5.08. The molecule has 2 fully saturated rings. The normalized spacial score (nSPS) is 23.3. The van der Waals surface area contributed by atoms with Gasteiger partial charge in [-0.05, 0) is 56.2 Å². The number of carboxylic acids is 1. The predicted molar refractivity (Wildman–Crippen MR) is 116 cm³/mol. The predicted octanol–water partition coefficient (Wildman–Crippen LogP) is 4.86. The van der Waals surface area contributed by atoms with E-state index in [1.165, 1.54) is 36.8 Å². The summed E-state index contributed by atoms with van der Waals surface area (Å²) < 4.78 is 31.7. The van der Waals surface area contributed by atoms with Crippen LogP contribution in [0.5, 0.6) is 0 Å². The molecule has 2 aliphatic heterocycles. The van der Waals surface area contributed by atoms with E-state index in [-0.39, 0.29) is 12.0 Å². The number of aliphatic hydroxyl groups excluding tert-OH is 1. The third-order valence-electron chi connectivity index (χ3n) is 7.00. The van der Waals surface area contributed by atoms with Crippen LogP contribution < -0.4 is 0 Å². The first-order valence-electron chi connectivity index (χ1n) is 10.9. The second-order valence-electron chi connectivity index (χ2n) is 8.87. The molecule has 174 valence electrons. The number of rotatable bonds is 5. The summed E-state index contributed by atoms with van der Waals surface area (Å²) in [5, 5.41) is 17.7. The maximum Gasteiger partial charge on any atom is 0.490 e. The van der Waals surface area contributed by atoms with E-state index < -0.39 is 12.1 Å². The quantitative estimate of drug-likeness (QED) is 0.684. The molecule has 2 aromatic rings. The van der Waals surface area contributed by atoms with Crippen LogP contribution in [-0.4, -0.2) is 53.0 Å². The van der Waals surface area contributed by atoms with Crippen molar-refractivity contribution in [1.82, 2.24) is 4.90 Å². The Kier molecular flexibility index (Phi) is 7.62. The number of aliphatic carboxylic acids is 1. The summed E-state index contributed by atoms with van der Waals surface area (Å²) >= 11 is 0. The molecule has 2 saturated heterocycles. The number of benzene rings is 2. The lowest BCUT2D eigenvalue weighted by Crippen LogP contribution is -2.43. The van der Waals surface area contributed by atoms with Gasteiger partial charge in [-0.25, -0.2) is 4.79 Å². The molecule has 1 unspecified atom stereocenters. The van der Waals surface area contributed by atoms with Gasteiger partial charge in [0, 0.05) is 17.5 Å². The van der Waals surface area contributed by atoms with Crippen LogP contribution in [0.3, 0.4) is 0 Å². The Hall–Kier alpha value is -2.38. The van der Waals surface area contributed by atoms with E-state index >= 15 is 0 Å². The SMILES string of the molecule is CN1[C@@H]2CC[C@H]1CC(CC(CO)(c1ccccc1)c1ccccc1)C2.O=C(O)C(F)(F)F. The number of hydrogen-bond donors (Lipinski definition) is 2. The molecule has 0 saturated carbocycles. The highest BCUT2D eigenvalue weighted by Crippen LogP contribution is 2.45. The molecule has 2 aliphatic rings. The highest BCUT2D eigenvalue weighted by Gasteiger charge is 2.43. The molecular formula is C25H30F3NO3. The molecule has 3 atom stereocenters. The molecule has 32 heavy (non-hydrogen) atoms. The van der Waals surface area contributed by atoms with Crippen LogP contribution in [0.2, 0.25) is 0 Å². The Labute approximate surface area is 186 Å². The van der Waals surface area contributed by atoms with Gasteiger partial charge >= 0.3 is 12.1 Å². The highest BCUT2D eigenvalue weighted by atomic mass is 19.4. The summed E-state index contributed by atoms with van der Waals surface area (Å²) in [6, 6.07) is 22.8. The van der Waals surface area contributed by atoms with Crippen LogP contribution in [0.4, 0.5) is 13.2 Å².